The second-order valence-corrected chi connectivity index (χ2v) is 10.5. The van der Waals surface area contributed by atoms with E-state index in [4.69, 9.17) is 23.7 Å². The number of hydrogen-bond acceptors (Lipinski definition) is 10. The lowest BCUT2D eigenvalue weighted by atomic mass is 9.96. The molecule has 0 radical (unpaired) electrons. The van der Waals surface area contributed by atoms with Crippen LogP contribution in [0.15, 0.2) is 101 Å². The zero-order chi connectivity index (χ0) is 34.5. The molecular weight excluding hydrogens is 637 g/mol. The van der Waals surface area contributed by atoms with E-state index in [1.165, 1.54) is 43.3 Å². The third kappa shape index (κ3) is 10.4. The minimum Gasteiger partial charge on any atom is -0.459 e. The number of ketones is 1. The number of carbonyl (C=O) groups is 3. The van der Waals surface area contributed by atoms with Crippen LogP contribution in [0.3, 0.4) is 0 Å². The predicted molar refractivity (Wildman–Crippen MR) is 164 cm³/mol. The molecule has 5 atom stereocenters. The first-order chi connectivity index (χ1) is 23.0. The molecule has 0 saturated carbocycles. The normalized spacial score (nSPS) is 21.0. The summed E-state index contributed by atoms with van der Waals surface area (Å²) < 4.78 is 71.1. The van der Waals surface area contributed by atoms with Gasteiger partial charge in [0, 0.05) is 11.3 Å². The average molecular weight is 669 g/mol. The van der Waals surface area contributed by atoms with Crippen LogP contribution in [0.2, 0.25) is 0 Å². The van der Waals surface area contributed by atoms with Crippen molar-refractivity contribution >= 4 is 29.3 Å². The van der Waals surface area contributed by atoms with Gasteiger partial charge in [0.2, 0.25) is 6.29 Å². The largest absolute Gasteiger partial charge is 0.468 e. The van der Waals surface area contributed by atoms with Crippen LogP contribution in [0.4, 0.5) is 18.9 Å². The molecule has 0 amide bonds. The van der Waals surface area contributed by atoms with Crippen LogP contribution in [0.25, 0.3) is 10.4 Å². The fourth-order valence-corrected chi connectivity index (χ4v) is 4.60. The molecule has 3 aromatic rings. The lowest BCUT2D eigenvalue weighted by Crippen LogP contribution is -2.61. The number of nitrogens with zero attached hydrogens (tertiary/aromatic N) is 4. The first kappa shape index (κ1) is 35.6. The molecule has 0 N–H and O–H groups in total. The van der Waals surface area contributed by atoms with Crippen molar-refractivity contribution in [1.82, 2.24) is 0 Å². The Labute approximate surface area is 273 Å². The molecule has 1 aliphatic heterocycles. The van der Waals surface area contributed by atoms with E-state index in [9.17, 15) is 33.1 Å². The molecule has 1 aliphatic rings. The van der Waals surface area contributed by atoms with Gasteiger partial charge in [-0.05, 0) is 42.3 Å². The maximum atomic E-state index is 14.3. The molecule has 4 rings (SSSR count). The van der Waals surface area contributed by atoms with E-state index < -0.39 is 61.3 Å². The summed E-state index contributed by atoms with van der Waals surface area (Å²) in [5.74, 6) is -3.71. The van der Waals surface area contributed by atoms with Crippen molar-refractivity contribution in [3.05, 3.63) is 113 Å². The summed E-state index contributed by atoms with van der Waals surface area (Å²) in [4.78, 5) is 43.6. The number of alkyl halides is 3. The number of carbonyl (C=O) groups excluding carboxylic acids is 3. The van der Waals surface area contributed by atoms with Crippen LogP contribution < -0.4 is 0 Å². The predicted octanol–water partition coefficient (Wildman–Crippen LogP) is 6.42. The van der Waals surface area contributed by atoms with Gasteiger partial charge in [-0.25, -0.2) is 9.79 Å². The molecule has 0 bridgehead atoms. The van der Waals surface area contributed by atoms with Crippen molar-refractivity contribution in [2.45, 2.75) is 63.2 Å². The minimum atomic E-state index is -5.13. The number of para-hydroxylation sites is 1. The Morgan fingerprint density at radius 1 is 0.875 bits per heavy atom. The maximum Gasteiger partial charge on any atom is 0.468 e. The molecule has 0 aromatic heterocycles. The Morgan fingerprint density at radius 3 is 2.10 bits per heavy atom. The third-order valence-electron chi connectivity index (χ3n) is 6.88. The Hall–Kier alpha value is -5.24. The van der Waals surface area contributed by atoms with Crippen LogP contribution in [0.5, 0.6) is 0 Å². The van der Waals surface area contributed by atoms with Crippen LogP contribution in [0, 0.1) is 0 Å². The summed E-state index contributed by atoms with van der Waals surface area (Å²) in [6.45, 7) is 0.463. The minimum absolute atomic E-state index is 0.0940. The Morgan fingerprint density at radius 2 is 1.50 bits per heavy atom. The van der Waals surface area contributed by atoms with Crippen LogP contribution in [-0.4, -0.2) is 67.0 Å². The van der Waals surface area contributed by atoms with E-state index in [1.54, 1.807) is 54.6 Å². The maximum absolute atomic E-state index is 14.3. The molecule has 3 aromatic carbocycles. The number of esters is 2. The van der Waals surface area contributed by atoms with Crippen molar-refractivity contribution in [2.75, 3.05) is 6.61 Å². The molecule has 1 unspecified atom stereocenters. The van der Waals surface area contributed by atoms with Gasteiger partial charge < -0.3 is 28.5 Å². The van der Waals surface area contributed by atoms with E-state index >= 15 is 0 Å². The van der Waals surface area contributed by atoms with Gasteiger partial charge >= 0.3 is 18.1 Å². The van der Waals surface area contributed by atoms with E-state index in [-0.39, 0.29) is 36.5 Å². The van der Waals surface area contributed by atoms with Gasteiger partial charge in [0.05, 0.1) is 24.3 Å². The standard InChI is InChI=1S/C33H31F3N4O8/c1-21(41)17-18-26(42)47-28-25(20-45-30(43)23-13-7-3-8-14-23)46-31(48-32(33(34,35)36)38-24-15-9-4-10-16-24)27(39-40-37)29(28)44-19-22-11-5-2-6-12-22/h2-16,25,27-29,31H,17-20H2,1H3/t25-,27-,28-,29-,31?/m1/s1. The van der Waals surface area contributed by atoms with Gasteiger partial charge in [0.1, 0.15) is 30.6 Å². The molecule has 48 heavy (non-hydrogen) atoms. The molecule has 0 aliphatic carbocycles. The highest BCUT2D eigenvalue weighted by atomic mass is 19.4. The number of benzene rings is 3. The second kappa shape index (κ2) is 17.1. The quantitative estimate of drug-likeness (QED) is 0.0504. The van der Waals surface area contributed by atoms with Gasteiger partial charge in [0.25, 0.3) is 5.90 Å². The fourth-order valence-electron chi connectivity index (χ4n) is 4.60. The molecule has 1 heterocycles. The number of halogens is 3. The van der Waals surface area contributed by atoms with Gasteiger partial charge in [-0.2, -0.15) is 13.2 Å². The summed E-state index contributed by atoms with van der Waals surface area (Å²) in [7, 11) is 0. The topological polar surface area (TPSA) is 158 Å². The number of azide groups is 1. The Kier molecular flexibility index (Phi) is 12.7. The second-order valence-electron chi connectivity index (χ2n) is 10.5. The summed E-state index contributed by atoms with van der Waals surface area (Å²) in [6.07, 6.45) is -12.2. The zero-order valence-corrected chi connectivity index (χ0v) is 25.6. The van der Waals surface area contributed by atoms with E-state index in [2.05, 4.69) is 15.0 Å². The number of aliphatic imine (C=N–C) groups is 1. The smallest absolute Gasteiger partial charge is 0.459 e. The Bertz CT molecular complexity index is 1600. The molecule has 12 nitrogen and oxygen atoms in total. The number of hydrogen-bond donors (Lipinski definition) is 0. The van der Waals surface area contributed by atoms with Crippen molar-refractivity contribution in [2.24, 2.45) is 10.1 Å². The molecule has 0 spiro atoms. The van der Waals surface area contributed by atoms with Gasteiger partial charge in [0.15, 0.2) is 6.10 Å². The SMILES string of the molecule is CC(=O)CCC(=O)O[C@H]1[C@H](OCc2ccccc2)[C@@H](N=[N+]=[N-])C(OC(=Nc2ccccc2)C(F)(F)F)O[C@@H]1COC(=O)c1ccccc1. The van der Waals surface area contributed by atoms with Gasteiger partial charge in [-0.1, -0.05) is 71.8 Å². The van der Waals surface area contributed by atoms with E-state index in [1.807, 2.05) is 0 Å². The highest BCUT2D eigenvalue weighted by Crippen LogP contribution is 2.33. The highest BCUT2D eigenvalue weighted by molar-refractivity contribution is 5.89. The van der Waals surface area contributed by atoms with Crippen LogP contribution >= 0.6 is 0 Å². The Balaban J connectivity index is 1.73. The molecule has 1 fully saturated rings. The summed E-state index contributed by atoms with van der Waals surface area (Å²) >= 11 is 0. The summed E-state index contributed by atoms with van der Waals surface area (Å²) in [5.41, 5.74) is 10.2. The molecule has 15 heteroatoms. The molecule has 1 saturated heterocycles. The molecular formula is C33H31F3N4O8. The van der Waals surface area contributed by atoms with Crippen molar-refractivity contribution in [1.29, 1.82) is 0 Å². The van der Waals surface area contributed by atoms with E-state index in [0.717, 1.165) is 0 Å². The summed E-state index contributed by atoms with van der Waals surface area (Å²) in [5, 5.41) is 3.64. The lowest BCUT2D eigenvalue weighted by molar-refractivity contribution is -0.264. The van der Waals surface area contributed by atoms with E-state index in [0.29, 0.717) is 5.56 Å². The number of ether oxygens (including phenoxy) is 5. The first-order valence-electron chi connectivity index (χ1n) is 14.7. The third-order valence-corrected chi connectivity index (χ3v) is 6.88. The highest BCUT2D eigenvalue weighted by Gasteiger charge is 2.52. The fraction of sp³-hybridized carbons (Fsp3) is 0.333. The molecule has 252 valence electrons. The van der Waals surface area contributed by atoms with Crippen LogP contribution in [0.1, 0.15) is 35.7 Å². The van der Waals surface area contributed by atoms with Gasteiger partial charge in [-0.3, -0.25) is 4.79 Å². The van der Waals surface area contributed by atoms with Crippen molar-refractivity contribution in [3.8, 4) is 0 Å². The average Bonchev–Trinajstić information content (AvgIpc) is 3.07. The first-order valence-corrected chi connectivity index (χ1v) is 14.7. The number of rotatable bonds is 13. The van der Waals surface area contributed by atoms with Crippen molar-refractivity contribution in [3.63, 3.8) is 0 Å². The van der Waals surface area contributed by atoms with Gasteiger partial charge in [-0.15, -0.1) is 0 Å². The lowest BCUT2D eigenvalue weighted by Gasteiger charge is -2.44. The van der Waals surface area contributed by atoms with Crippen LogP contribution in [-0.2, 0) is 39.9 Å². The van der Waals surface area contributed by atoms with Crippen molar-refractivity contribution < 1.29 is 51.2 Å². The monoisotopic (exact) mass is 668 g/mol. The zero-order valence-electron chi connectivity index (χ0n) is 25.6. The number of Topliss-reactive ketones (excluding diaryl/α,β-unsaturated/α-hetero) is 1. The summed E-state index contributed by atoms with van der Waals surface area (Å²) in [6, 6.07) is 21.9.